The van der Waals surface area contributed by atoms with Gasteiger partial charge in [0.1, 0.15) is 0 Å². The summed E-state index contributed by atoms with van der Waals surface area (Å²) in [4.78, 5) is 30.0. The molecular weight excluding hydrogens is 392 g/mol. The highest BCUT2D eigenvalue weighted by molar-refractivity contribution is 6.31. The molecule has 0 saturated heterocycles. The van der Waals surface area contributed by atoms with Gasteiger partial charge >= 0.3 is 5.69 Å². The van der Waals surface area contributed by atoms with Crippen molar-refractivity contribution < 1.29 is 0 Å². The van der Waals surface area contributed by atoms with Gasteiger partial charge in [-0.3, -0.25) is 18.5 Å². The van der Waals surface area contributed by atoms with Gasteiger partial charge in [0.2, 0.25) is 5.95 Å². The van der Waals surface area contributed by atoms with Gasteiger partial charge in [0.25, 0.3) is 5.56 Å². The third-order valence-electron chi connectivity index (χ3n) is 5.77. The van der Waals surface area contributed by atoms with E-state index in [1.165, 1.54) is 11.6 Å². The number of benzene rings is 1. The van der Waals surface area contributed by atoms with E-state index < -0.39 is 5.69 Å². The van der Waals surface area contributed by atoms with E-state index in [-0.39, 0.29) is 17.6 Å². The summed E-state index contributed by atoms with van der Waals surface area (Å²) < 4.78 is 4.30. The van der Waals surface area contributed by atoms with Gasteiger partial charge < -0.3 is 11.1 Å². The minimum atomic E-state index is -0.411. The van der Waals surface area contributed by atoms with Crippen molar-refractivity contribution in [1.82, 2.24) is 18.7 Å². The van der Waals surface area contributed by atoms with Crippen LogP contribution in [0.1, 0.15) is 31.2 Å². The first-order chi connectivity index (χ1) is 13.9. The maximum atomic E-state index is 13.0. The number of rotatable bonds is 4. The summed E-state index contributed by atoms with van der Waals surface area (Å²) in [6.07, 6.45) is 4.09. The quantitative estimate of drug-likeness (QED) is 0.675. The molecule has 9 heteroatoms. The van der Waals surface area contributed by atoms with Gasteiger partial charge in [0.05, 0.1) is 6.54 Å². The fraction of sp³-hybridized carbons (Fsp3) is 0.450. The summed E-state index contributed by atoms with van der Waals surface area (Å²) >= 11 is 6.37. The largest absolute Gasteiger partial charge is 0.351 e. The number of hydrogen-bond acceptors (Lipinski definition) is 5. The normalized spacial score (nSPS) is 19.6. The number of nitrogens with one attached hydrogen (secondary N) is 1. The van der Waals surface area contributed by atoms with Gasteiger partial charge in [-0.1, -0.05) is 42.6 Å². The van der Waals surface area contributed by atoms with E-state index in [9.17, 15) is 9.59 Å². The minimum absolute atomic E-state index is 0.0176. The zero-order chi connectivity index (χ0) is 20.7. The number of hydrogen-bond donors (Lipinski definition) is 2. The van der Waals surface area contributed by atoms with E-state index in [2.05, 4.69) is 10.3 Å². The Balaban J connectivity index is 1.90. The maximum absolute atomic E-state index is 13.0. The Morgan fingerprint density at radius 1 is 1.17 bits per heavy atom. The van der Waals surface area contributed by atoms with Gasteiger partial charge in [0, 0.05) is 31.2 Å². The highest BCUT2D eigenvalue weighted by Crippen LogP contribution is 2.25. The van der Waals surface area contributed by atoms with Crippen LogP contribution in [0.3, 0.4) is 0 Å². The second-order valence-electron chi connectivity index (χ2n) is 7.69. The summed E-state index contributed by atoms with van der Waals surface area (Å²) in [5.41, 5.74) is 7.09. The smallest absolute Gasteiger partial charge is 0.332 e. The molecule has 0 spiro atoms. The fourth-order valence-electron chi connectivity index (χ4n) is 4.01. The van der Waals surface area contributed by atoms with Crippen molar-refractivity contribution in [3.63, 3.8) is 0 Å². The number of halogens is 1. The average Bonchev–Trinajstić information content (AvgIpc) is 3.06. The molecule has 29 heavy (non-hydrogen) atoms. The van der Waals surface area contributed by atoms with Crippen molar-refractivity contribution in [3.8, 4) is 0 Å². The van der Waals surface area contributed by atoms with Crippen molar-refractivity contribution in [2.75, 3.05) is 5.32 Å². The molecule has 8 nitrogen and oxygen atoms in total. The molecule has 3 N–H and O–H groups in total. The molecule has 1 saturated carbocycles. The molecule has 2 atom stereocenters. The lowest BCUT2D eigenvalue weighted by Gasteiger charge is -2.29. The van der Waals surface area contributed by atoms with Gasteiger partial charge in [-0.05, 0) is 24.5 Å². The first-order valence-electron chi connectivity index (χ1n) is 9.80. The number of nitrogens with zero attached hydrogens (tertiary/aromatic N) is 4. The van der Waals surface area contributed by atoms with Crippen LogP contribution in [0.4, 0.5) is 5.95 Å². The minimum Gasteiger partial charge on any atom is -0.351 e. The number of fused-ring (bicyclic) bond motifs is 1. The molecule has 0 radical (unpaired) electrons. The fourth-order valence-corrected chi connectivity index (χ4v) is 4.21. The van der Waals surface area contributed by atoms with E-state index in [1.54, 1.807) is 11.6 Å². The van der Waals surface area contributed by atoms with Crippen LogP contribution in [0.2, 0.25) is 5.02 Å². The summed E-state index contributed by atoms with van der Waals surface area (Å²) in [6.45, 7) is 0.355. The standard InChI is InChI=1S/C20H25ClN6O2/c1-25-17-16(18(28)26(2)20(25)29)27(11-12-7-3-4-8-13(12)21)19(24-17)23-15-10-6-5-9-14(15)22/h3-4,7-8,14-15H,5-6,9-11,22H2,1-2H3,(H,23,24)/t14-,15-/m0/s1. The van der Waals surface area contributed by atoms with Crippen LogP contribution in [0.15, 0.2) is 33.9 Å². The number of anilines is 1. The zero-order valence-corrected chi connectivity index (χ0v) is 17.3. The van der Waals surface area contributed by atoms with Crippen LogP contribution in [0.5, 0.6) is 0 Å². The predicted molar refractivity (Wildman–Crippen MR) is 115 cm³/mol. The highest BCUT2D eigenvalue weighted by atomic mass is 35.5. The lowest BCUT2D eigenvalue weighted by atomic mass is 9.91. The van der Waals surface area contributed by atoms with Crippen molar-refractivity contribution in [2.24, 2.45) is 19.8 Å². The van der Waals surface area contributed by atoms with E-state index >= 15 is 0 Å². The summed E-state index contributed by atoms with van der Waals surface area (Å²) in [6, 6.07) is 7.57. The Labute approximate surface area is 172 Å². The third kappa shape index (κ3) is 3.47. The van der Waals surface area contributed by atoms with Gasteiger partial charge in [-0.15, -0.1) is 0 Å². The molecule has 0 amide bonds. The van der Waals surface area contributed by atoms with Gasteiger partial charge in [0.15, 0.2) is 11.2 Å². The van der Waals surface area contributed by atoms with E-state index in [0.717, 1.165) is 35.8 Å². The van der Waals surface area contributed by atoms with E-state index in [0.29, 0.717) is 28.7 Å². The zero-order valence-electron chi connectivity index (χ0n) is 16.6. The van der Waals surface area contributed by atoms with Crippen molar-refractivity contribution in [1.29, 1.82) is 0 Å². The Morgan fingerprint density at radius 3 is 2.62 bits per heavy atom. The summed E-state index contributed by atoms with van der Waals surface area (Å²) in [5, 5.41) is 4.05. The molecule has 0 aliphatic heterocycles. The monoisotopic (exact) mass is 416 g/mol. The predicted octanol–water partition coefficient (Wildman–Crippen LogP) is 1.82. The van der Waals surface area contributed by atoms with E-state index in [1.807, 2.05) is 24.3 Å². The number of aromatic nitrogens is 4. The molecule has 4 rings (SSSR count). The number of nitrogens with two attached hydrogens (primary N) is 1. The summed E-state index contributed by atoms with van der Waals surface area (Å²) in [7, 11) is 3.09. The molecule has 2 heterocycles. The molecule has 1 fully saturated rings. The van der Waals surface area contributed by atoms with Crippen molar-refractivity contribution in [3.05, 3.63) is 55.7 Å². The molecule has 3 aromatic rings. The second kappa shape index (κ2) is 7.68. The number of imidazole rings is 1. The molecule has 0 bridgehead atoms. The van der Waals surface area contributed by atoms with Crippen LogP contribution < -0.4 is 22.3 Å². The summed E-state index contributed by atoms with van der Waals surface area (Å²) in [5.74, 6) is 0.528. The molecule has 1 aromatic carbocycles. The third-order valence-corrected chi connectivity index (χ3v) is 6.14. The molecular formula is C20H25ClN6O2. The average molecular weight is 417 g/mol. The first-order valence-corrected chi connectivity index (χ1v) is 10.2. The van der Waals surface area contributed by atoms with E-state index in [4.69, 9.17) is 17.3 Å². The molecule has 0 unspecified atom stereocenters. The van der Waals surface area contributed by atoms with Crippen LogP contribution >= 0.6 is 11.6 Å². The van der Waals surface area contributed by atoms with Crippen molar-refractivity contribution in [2.45, 2.75) is 44.3 Å². The van der Waals surface area contributed by atoms with Crippen molar-refractivity contribution >= 4 is 28.7 Å². The van der Waals surface area contributed by atoms with Crippen LogP contribution in [-0.2, 0) is 20.6 Å². The van der Waals surface area contributed by atoms with Gasteiger partial charge in [-0.25, -0.2) is 4.79 Å². The molecule has 1 aliphatic carbocycles. The second-order valence-corrected chi connectivity index (χ2v) is 8.10. The Kier molecular flexibility index (Phi) is 5.23. The van der Waals surface area contributed by atoms with Crippen LogP contribution in [0.25, 0.3) is 11.2 Å². The maximum Gasteiger partial charge on any atom is 0.332 e. The lowest BCUT2D eigenvalue weighted by Crippen LogP contribution is -2.43. The molecule has 2 aromatic heterocycles. The Morgan fingerprint density at radius 2 is 1.90 bits per heavy atom. The van der Waals surface area contributed by atoms with Crippen LogP contribution in [-0.4, -0.2) is 30.8 Å². The van der Waals surface area contributed by atoms with Gasteiger partial charge in [-0.2, -0.15) is 4.98 Å². The topological polar surface area (TPSA) is 99.9 Å². The molecule has 1 aliphatic rings. The Hall–Kier alpha value is -2.58. The van der Waals surface area contributed by atoms with Crippen LogP contribution in [0, 0.1) is 0 Å². The Bertz CT molecular complexity index is 1180. The highest BCUT2D eigenvalue weighted by Gasteiger charge is 2.26. The lowest BCUT2D eigenvalue weighted by molar-refractivity contribution is 0.401. The molecule has 154 valence electrons. The first kappa shape index (κ1) is 19.7. The SMILES string of the molecule is Cn1c(=O)c2c(nc(N[C@H]3CCCC[C@@H]3N)n2Cc2ccccc2Cl)n(C)c1=O. The number of aryl methyl sites for hydroxylation is 1.